The number of aliphatic hydroxyl groups is 1. The average molecular weight is 328 g/mol. The molecule has 1 aliphatic heterocycles. The lowest BCUT2D eigenvalue weighted by Gasteiger charge is -2.01. The highest BCUT2D eigenvalue weighted by Crippen LogP contribution is 2.35. The van der Waals surface area contributed by atoms with Gasteiger partial charge in [0.05, 0.1) is 16.8 Å². The first-order valence-corrected chi connectivity index (χ1v) is 7.67. The van der Waals surface area contributed by atoms with E-state index in [9.17, 15) is 14.3 Å². The summed E-state index contributed by atoms with van der Waals surface area (Å²) in [6, 6.07) is 0.589. The number of rotatable bonds is 3. The molecule has 0 amide bonds. The van der Waals surface area contributed by atoms with Crippen LogP contribution >= 0.6 is 23.1 Å². The predicted molar refractivity (Wildman–Crippen MR) is 77.6 cm³/mol. The topological polar surface area (TPSA) is 103 Å². The predicted octanol–water partition coefficient (Wildman–Crippen LogP) is 1.58. The summed E-state index contributed by atoms with van der Waals surface area (Å²) in [6.07, 6.45) is 0. The first-order valence-electron chi connectivity index (χ1n) is 5.86. The van der Waals surface area contributed by atoms with Gasteiger partial charge in [0.25, 0.3) is 0 Å². The molecule has 0 aliphatic carbocycles. The Labute approximate surface area is 126 Å². The fourth-order valence-corrected chi connectivity index (χ4v) is 3.98. The third-order valence-electron chi connectivity index (χ3n) is 2.97. The molecule has 0 saturated carbocycles. The number of hydrogen-bond donors (Lipinski definition) is 3. The molecule has 21 heavy (non-hydrogen) atoms. The number of hydrogen-bond acceptors (Lipinski definition) is 7. The molecule has 0 bridgehead atoms. The molecule has 2 heterocycles. The van der Waals surface area contributed by atoms with Gasteiger partial charge in [0.1, 0.15) is 10.1 Å². The van der Waals surface area contributed by atoms with Crippen LogP contribution in [-0.2, 0) is 11.4 Å². The molecule has 3 rings (SSSR count). The van der Waals surface area contributed by atoms with E-state index in [1.54, 1.807) is 0 Å². The third-order valence-corrected chi connectivity index (χ3v) is 5.22. The van der Waals surface area contributed by atoms with Crippen LogP contribution in [0.1, 0.15) is 10.6 Å². The highest BCUT2D eigenvalue weighted by Gasteiger charge is 2.27. The Morgan fingerprint density at radius 1 is 1.52 bits per heavy atom. The highest BCUT2D eigenvalue weighted by molar-refractivity contribution is 8.15. The van der Waals surface area contributed by atoms with Gasteiger partial charge in [-0.1, -0.05) is 0 Å². The lowest BCUT2D eigenvalue weighted by Crippen LogP contribution is -2.17. The van der Waals surface area contributed by atoms with E-state index in [1.165, 1.54) is 17.8 Å². The second-order valence-corrected chi connectivity index (χ2v) is 6.33. The van der Waals surface area contributed by atoms with Crippen molar-refractivity contribution in [2.45, 2.75) is 12.6 Å². The van der Waals surface area contributed by atoms with E-state index in [0.717, 1.165) is 11.3 Å². The number of thioether (sulfide) groups is 1. The SMILES string of the molecule is O=C(O)[C@H]1CSC(c2nc3cc(CO)c(O)c(F)c3s2)=N1. The molecule has 0 unspecified atom stereocenters. The third kappa shape index (κ3) is 2.37. The molecule has 2 aromatic rings. The van der Waals surface area contributed by atoms with Crippen molar-refractivity contribution in [3.63, 3.8) is 0 Å². The summed E-state index contributed by atoms with van der Waals surface area (Å²) < 4.78 is 14.2. The van der Waals surface area contributed by atoms with E-state index >= 15 is 0 Å². The van der Waals surface area contributed by atoms with Crippen LogP contribution in [0.2, 0.25) is 0 Å². The molecular weight excluding hydrogens is 319 g/mol. The van der Waals surface area contributed by atoms with Crippen LogP contribution in [0.3, 0.4) is 0 Å². The lowest BCUT2D eigenvalue weighted by atomic mass is 10.2. The van der Waals surface area contributed by atoms with Crippen LogP contribution in [0.25, 0.3) is 10.2 Å². The van der Waals surface area contributed by atoms with Gasteiger partial charge in [-0.05, 0) is 6.07 Å². The van der Waals surface area contributed by atoms with E-state index in [0.29, 0.717) is 21.3 Å². The van der Waals surface area contributed by atoms with E-state index in [4.69, 9.17) is 10.2 Å². The Morgan fingerprint density at radius 3 is 2.90 bits per heavy atom. The molecule has 1 aromatic heterocycles. The summed E-state index contributed by atoms with van der Waals surface area (Å²) >= 11 is 2.25. The van der Waals surface area contributed by atoms with E-state index in [1.807, 2.05) is 0 Å². The largest absolute Gasteiger partial charge is 0.505 e. The molecule has 0 saturated heterocycles. The number of aliphatic carboxylic acids is 1. The minimum atomic E-state index is -1.01. The number of phenols is 1. The molecular formula is C12H9FN2O4S2. The van der Waals surface area contributed by atoms with Gasteiger partial charge in [-0.15, -0.1) is 23.1 Å². The summed E-state index contributed by atoms with van der Waals surface area (Å²) in [7, 11) is 0. The van der Waals surface area contributed by atoms with Crippen molar-refractivity contribution >= 4 is 44.3 Å². The molecule has 1 atom stereocenters. The van der Waals surface area contributed by atoms with Crippen LogP contribution in [0.15, 0.2) is 11.1 Å². The fourth-order valence-electron chi connectivity index (χ4n) is 1.90. The van der Waals surface area contributed by atoms with Crippen molar-refractivity contribution in [1.82, 2.24) is 4.98 Å². The number of carboxylic acids is 1. The quantitative estimate of drug-likeness (QED) is 0.790. The number of aromatic hydroxyl groups is 1. The number of fused-ring (bicyclic) bond motifs is 1. The Balaban J connectivity index is 2.08. The molecule has 0 fully saturated rings. The van der Waals surface area contributed by atoms with Gasteiger partial charge in [-0.2, -0.15) is 0 Å². The zero-order valence-corrected chi connectivity index (χ0v) is 12.0. The van der Waals surface area contributed by atoms with Crippen LogP contribution in [0.4, 0.5) is 4.39 Å². The second kappa shape index (κ2) is 5.24. The van der Waals surface area contributed by atoms with Gasteiger partial charge in [0.15, 0.2) is 17.6 Å². The maximum Gasteiger partial charge on any atom is 0.329 e. The highest BCUT2D eigenvalue weighted by atomic mass is 32.2. The number of carbonyl (C=O) groups is 1. The van der Waals surface area contributed by atoms with Crippen molar-refractivity contribution in [2.24, 2.45) is 4.99 Å². The van der Waals surface area contributed by atoms with Crippen molar-refractivity contribution < 1.29 is 24.5 Å². The maximum atomic E-state index is 14.0. The monoisotopic (exact) mass is 328 g/mol. The Bertz CT molecular complexity index is 774. The normalized spacial score (nSPS) is 18.2. The minimum absolute atomic E-state index is 0.0567. The first-order chi connectivity index (χ1) is 10.0. The Kier molecular flexibility index (Phi) is 3.56. The number of carboxylic acid groups (broad SMARTS) is 1. The van der Waals surface area contributed by atoms with Crippen molar-refractivity contribution in [1.29, 1.82) is 0 Å². The van der Waals surface area contributed by atoms with E-state index in [2.05, 4.69) is 9.98 Å². The van der Waals surface area contributed by atoms with Gasteiger partial charge in [-0.3, -0.25) is 4.99 Å². The van der Waals surface area contributed by atoms with Crippen LogP contribution in [0.5, 0.6) is 5.75 Å². The van der Waals surface area contributed by atoms with Crippen LogP contribution < -0.4 is 0 Å². The van der Waals surface area contributed by atoms with Gasteiger partial charge in [-0.25, -0.2) is 14.2 Å². The molecule has 1 aromatic carbocycles. The molecule has 3 N–H and O–H groups in total. The number of benzene rings is 1. The smallest absolute Gasteiger partial charge is 0.329 e. The van der Waals surface area contributed by atoms with Crippen LogP contribution in [0, 0.1) is 5.82 Å². The second-order valence-electron chi connectivity index (χ2n) is 4.32. The molecule has 1 aliphatic rings. The number of aliphatic imine (C=N–C) groups is 1. The summed E-state index contributed by atoms with van der Waals surface area (Å²) in [5.74, 6) is -2.12. The molecule has 9 heteroatoms. The average Bonchev–Trinajstić information content (AvgIpc) is 3.08. The standard InChI is InChI=1S/C12H9FN2O4S2/c13-7-8(17)4(2-16)1-5-9(7)21-11(14-5)10-15-6(3-20-10)12(18)19/h1,6,16-17H,2-3H2,(H,18,19)/t6-/m1/s1. The maximum absolute atomic E-state index is 14.0. The van der Waals surface area contributed by atoms with Crippen molar-refractivity contribution in [3.05, 3.63) is 22.5 Å². The van der Waals surface area contributed by atoms with Crippen LogP contribution in [-0.4, -0.2) is 43.1 Å². The number of halogens is 1. The summed E-state index contributed by atoms with van der Waals surface area (Å²) in [5, 5.41) is 28.5. The number of thiazole rings is 1. The molecule has 110 valence electrons. The molecule has 0 spiro atoms. The van der Waals surface area contributed by atoms with Gasteiger partial charge in [0.2, 0.25) is 0 Å². The molecule has 0 radical (unpaired) electrons. The van der Waals surface area contributed by atoms with Gasteiger partial charge < -0.3 is 15.3 Å². The summed E-state index contributed by atoms with van der Waals surface area (Å²) in [4.78, 5) is 19.1. The van der Waals surface area contributed by atoms with E-state index in [-0.39, 0.29) is 10.3 Å². The minimum Gasteiger partial charge on any atom is -0.505 e. The van der Waals surface area contributed by atoms with Gasteiger partial charge in [0, 0.05) is 11.3 Å². The molecule has 6 nitrogen and oxygen atoms in total. The summed E-state index contributed by atoms with van der Waals surface area (Å²) in [6.45, 7) is -0.498. The number of aliphatic hydroxyl groups excluding tert-OH is 1. The Hall–Kier alpha value is -1.71. The van der Waals surface area contributed by atoms with E-state index < -0.39 is 30.2 Å². The number of nitrogens with zero attached hydrogens (tertiary/aromatic N) is 2. The lowest BCUT2D eigenvalue weighted by molar-refractivity contribution is -0.137. The zero-order valence-electron chi connectivity index (χ0n) is 10.4. The zero-order chi connectivity index (χ0) is 15.1. The number of aromatic nitrogens is 1. The van der Waals surface area contributed by atoms with Crippen molar-refractivity contribution in [2.75, 3.05) is 5.75 Å². The fraction of sp³-hybridized carbons (Fsp3) is 0.250. The van der Waals surface area contributed by atoms with Crippen molar-refractivity contribution in [3.8, 4) is 5.75 Å². The first kappa shape index (κ1) is 14.2. The van der Waals surface area contributed by atoms with Gasteiger partial charge >= 0.3 is 5.97 Å². The Morgan fingerprint density at radius 2 is 2.29 bits per heavy atom. The summed E-state index contributed by atoms with van der Waals surface area (Å²) in [5.41, 5.74) is 0.359.